The van der Waals surface area contributed by atoms with Crippen LogP contribution < -0.4 is 5.32 Å². The van der Waals surface area contributed by atoms with Crippen molar-refractivity contribution in [1.29, 1.82) is 0 Å². The van der Waals surface area contributed by atoms with E-state index in [1.165, 1.54) is 12.1 Å². The van der Waals surface area contributed by atoms with E-state index < -0.39 is 33.8 Å². The summed E-state index contributed by atoms with van der Waals surface area (Å²) < 4.78 is 35.5. The first-order chi connectivity index (χ1) is 9.83. The van der Waals surface area contributed by atoms with Gasteiger partial charge in [0.15, 0.2) is 0 Å². The van der Waals surface area contributed by atoms with Crippen LogP contribution in [0.4, 0.5) is 0 Å². The largest absolute Gasteiger partial charge is 0.464 e. The molecule has 0 aliphatic heterocycles. The average molecular weight is 315 g/mol. The maximum absolute atomic E-state index is 11.9. The van der Waals surface area contributed by atoms with Gasteiger partial charge in [-0.15, -0.1) is 0 Å². The maximum Gasteiger partial charge on any atom is 0.329 e. The van der Waals surface area contributed by atoms with E-state index in [2.05, 4.69) is 5.32 Å². The van der Waals surface area contributed by atoms with E-state index in [-0.39, 0.29) is 12.2 Å². The van der Waals surface area contributed by atoms with Gasteiger partial charge in [0.25, 0.3) is 16.0 Å². The fourth-order valence-electron chi connectivity index (χ4n) is 1.51. The predicted octanol–water partition coefficient (Wildman–Crippen LogP) is 0.626. The second kappa shape index (κ2) is 7.75. The Bertz CT molecular complexity index is 584. The van der Waals surface area contributed by atoms with Gasteiger partial charge in [-0.05, 0) is 18.6 Å². The standard InChI is InChI=1S/C13H17NO6S/c1-2-8-20-13(16)11(9-21(17,18)19)14-12(15)10-6-4-3-5-7-10/h3-7,11H,2,8-9H2,1H3,(H,14,15)(H,17,18,19)/t11-/m0/s1. The molecule has 0 bridgehead atoms. The first-order valence-electron chi connectivity index (χ1n) is 6.31. The lowest BCUT2D eigenvalue weighted by Gasteiger charge is -2.16. The number of hydrogen-bond donors (Lipinski definition) is 2. The highest BCUT2D eigenvalue weighted by Gasteiger charge is 2.27. The molecule has 0 spiro atoms. The van der Waals surface area contributed by atoms with Gasteiger partial charge in [-0.1, -0.05) is 25.1 Å². The number of esters is 1. The molecule has 0 heterocycles. The Balaban J connectivity index is 2.81. The number of carbonyl (C=O) groups excluding carboxylic acids is 2. The highest BCUT2D eigenvalue weighted by Crippen LogP contribution is 2.02. The summed E-state index contributed by atoms with van der Waals surface area (Å²) in [4.78, 5) is 23.7. The van der Waals surface area contributed by atoms with Crippen LogP contribution in [0.3, 0.4) is 0 Å². The smallest absolute Gasteiger partial charge is 0.329 e. The molecule has 1 aromatic rings. The number of ether oxygens (including phenoxy) is 1. The summed E-state index contributed by atoms with van der Waals surface area (Å²) in [7, 11) is -4.44. The summed E-state index contributed by atoms with van der Waals surface area (Å²) in [5, 5.41) is 2.25. The Morgan fingerprint density at radius 2 is 1.90 bits per heavy atom. The Kier molecular flexibility index (Phi) is 6.32. The van der Waals surface area contributed by atoms with E-state index in [0.717, 1.165) is 0 Å². The molecule has 0 aromatic heterocycles. The molecular formula is C13H17NO6S. The number of amides is 1. The van der Waals surface area contributed by atoms with Crippen molar-refractivity contribution in [1.82, 2.24) is 5.32 Å². The fraction of sp³-hybridized carbons (Fsp3) is 0.385. The van der Waals surface area contributed by atoms with Crippen molar-refractivity contribution in [2.24, 2.45) is 0 Å². The molecule has 0 fully saturated rings. The summed E-state index contributed by atoms with van der Waals surface area (Å²) in [6.07, 6.45) is 0.553. The summed E-state index contributed by atoms with van der Waals surface area (Å²) >= 11 is 0. The van der Waals surface area contributed by atoms with Crippen molar-refractivity contribution in [3.05, 3.63) is 35.9 Å². The van der Waals surface area contributed by atoms with E-state index in [1.54, 1.807) is 25.1 Å². The van der Waals surface area contributed by atoms with Gasteiger partial charge in [0, 0.05) is 5.56 Å². The van der Waals surface area contributed by atoms with Crippen molar-refractivity contribution < 1.29 is 27.3 Å². The normalized spacial score (nSPS) is 12.5. The summed E-state index contributed by atoms with van der Waals surface area (Å²) in [5.74, 6) is -2.47. The molecule has 21 heavy (non-hydrogen) atoms. The molecule has 7 nitrogen and oxygen atoms in total. The van der Waals surface area contributed by atoms with Gasteiger partial charge in [0.05, 0.1) is 6.61 Å². The van der Waals surface area contributed by atoms with E-state index in [1.807, 2.05) is 0 Å². The number of carbonyl (C=O) groups is 2. The van der Waals surface area contributed by atoms with Crippen LogP contribution in [0.1, 0.15) is 23.7 Å². The minimum absolute atomic E-state index is 0.0992. The number of benzene rings is 1. The molecule has 0 aliphatic carbocycles. The molecule has 0 saturated heterocycles. The maximum atomic E-state index is 11.9. The lowest BCUT2D eigenvalue weighted by Crippen LogP contribution is -2.46. The monoisotopic (exact) mass is 315 g/mol. The van der Waals surface area contributed by atoms with Crippen LogP contribution in [0, 0.1) is 0 Å². The molecular weight excluding hydrogens is 298 g/mol. The van der Waals surface area contributed by atoms with Gasteiger partial charge in [0.1, 0.15) is 11.8 Å². The van der Waals surface area contributed by atoms with Crippen LogP contribution in [0.2, 0.25) is 0 Å². The van der Waals surface area contributed by atoms with Crippen LogP contribution in [0.5, 0.6) is 0 Å². The Hall–Kier alpha value is -1.93. The first kappa shape index (κ1) is 17.1. The number of hydrogen-bond acceptors (Lipinski definition) is 5. The van der Waals surface area contributed by atoms with E-state index in [9.17, 15) is 18.0 Å². The average Bonchev–Trinajstić information content (AvgIpc) is 2.43. The second-order valence-electron chi connectivity index (χ2n) is 4.31. The summed E-state index contributed by atoms with van der Waals surface area (Å²) in [6.45, 7) is 1.87. The number of rotatable bonds is 7. The molecule has 1 rings (SSSR count). The summed E-state index contributed by atoms with van der Waals surface area (Å²) in [6, 6.07) is 6.53. The second-order valence-corrected chi connectivity index (χ2v) is 5.81. The predicted molar refractivity (Wildman–Crippen MR) is 75.4 cm³/mol. The van der Waals surface area contributed by atoms with Gasteiger partial charge in [-0.2, -0.15) is 8.42 Å². The highest BCUT2D eigenvalue weighted by molar-refractivity contribution is 7.85. The lowest BCUT2D eigenvalue weighted by atomic mass is 10.2. The van der Waals surface area contributed by atoms with Crippen LogP contribution in [0.15, 0.2) is 30.3 Å². The van der Waals surface area contributed by atoms with Crippen LogP contribution >= 0.6 is 0 Å². The zero-order chi connectivity index (χ0) is 15.9. The molecule has 1 aromatic carbocycles. The topological polar surface area (TPSA) is 110 Å². The van der Waals surface area contributed by atoms with Crippen molar-refractivity contribution >= 4 is 22.0 Å². The Morgan fingerprint density at radius 1 is 1.29 bits per heavy atom. The van der Waals surface area contributed by atoms with Crippen LogP contribution in [-0.4, -0.2) is 43.2 Å². The van der Waals surface area contributed by atoms with E-state index >= 15 is 0 Å². The summed E-state index contributed by atoms with van der Waals surface area (Å²) in [5.41, 5.74) is 0.265. The van der Waals surface area contributed by atoms with Gasteiger partial charge < -0.3 is 10.1 Å². The molecule has 0 saturated carbocycles. The lowest BCUT2D eigenvalue weighted by molar-refractivity contribution is -0.145. The molecule has 1 amide bonds. The van der Waals surface area contributed by atoms with Gasteiger partial charge in [-0.3, -0.25) is 9.35 Å². The Labute approximate surface area is 123 Å². The van der Waals surface area contributed by atoms with Crippen molar-refractivity contribution in [3.63, 3.8) is 0 Å². The molecule has 8 heteroatoms. The third-order valence-corrected chi connectivity index (χ3v) is 3.21. The third-order valence-electron chi connectivity index (χ3n) is 2.45. The molecule has 1 atom stereocenters. The highest BCUT2D eigenvalue weighted by atomic mass is 32.2. The first-order valence-corrected chi connectivity index (χ1v) is 7.92. The Morgan fingerprint density at radius 3 is 2.43 bits per heavy atom. The zero-order valence-electron chi connectivity index (χ0n) is 11.5. The van der Waals surface area contributed by atoms with Crippen LogP contribution in [0.25, 0.3) is 0 Å². The molecule has 0 radical (unpaired) electrons. The van der Waals surface area contributed by atoms with Crippen molar-refractivity contribution in [2.75, 3.05) is 12.4 Å². The molecule has 0 aliphatic rings. The van der Waals surface area contributed by atoms with Gasteiger partial charge in [0.2, 0.25) is 0 Å². The van der Waals surface area contributed by atoms with E-state index in [0.29, 0.717) is 6.42 Å². The fourth-order valence-corrected chi connectivity index (χ4v) is 2.15. The third kappa shape index (κ3) is 6.37. The number of nitrogens with one attached hydrogen (secondary N) is 1. The molecule has 0 unspecified atom stereocenters. The zero-order valence-corrected chi connectivity index (χ0v) is 12.3. The van der Waals surface area contributed by atoms with Crippen LogP contribution in [-0.2, 0) is 19.6 Å². The van der Waals surface area contributed by atoms with Crippen molar-refractivity contribution in [2.45, 2.75) is 19.4 Å². The minimum atomic E-state index is -4.44. The van der Waals surface area contributed by atoms with Gasteiger partial charge in [-0.25, -0.2) is 4.79 Å². The molecule has 2 N–H and O–H groups in total. The van der Waals surface area contributed by atoms with E-state index in [4.69, 9.17) is 9.29 Å². The SMILES string of the molecule is CCCOC(=O)[C@H](CS(=O)(=O)O)NC(=O)c1ccccc1. The van der Waals surface area contributed by atoms with Crippen molar-refractivity contribution in [3.8, 4) is 0 Å². The minimum Gasteiger partial charge on any atom is -0.464 e. The molecule has 116 valence electrons. The van der Waals surface area contributed by atoms with Gasteiger partial charge >= 0.3 is 5.97 Å². The quantitative estimate of drug-likeness (QED) is 0.564.